The molecule has 0 bridgehead atoms. The monoisotopic (exact) mass is 277 g/mol. The van der Waals surface area contributed by atoms with E-state index in [1.54, 1.807) is 7.05 Å². The van der Waals surface area contributed by atoms with Crippen LogP contribution in [0.3, 0.4) is 0 Å². The van der Waals surface area contributed by atoms with Crippen LogP contribution in [0, 0.1) is 0 Å². The predicted molar refractivity (Wildman–Crippen MR) is 76.4 cm³/mol. The van der Waals surface area contributed by atoms with Gasteiger partial charge >= 0.3 is 5.69 Å². The summed E-state index contributed by atoms with van der Waals surface area (Å²) in [4.78, 5) is 26.6. The number of aromatic nitrogens is 2. The van der Waals surface area contributed by atoms with Crippen LogP contribution >= 0.6 is 11.9 Å². The summed E-state index contributed by atoms with van der Waals surface area (Å²) in [5.74, 6) is 0. The van der Waals surface area contributed by atoms with Gasteiger partial charge < -0.3 is 0 Å². The van der Waals surface area contributed by atoms with E-state index in [9.17, 15) is 9.59 Å². The third-order valence-corrected chi connectivity index (χ3v) is 4.60. The third kappa shape index (κ3) is 2.33. The molecule has 0 amide bonds. The molecule has 0 spiro atoms. The smallest absolute Gasteiger partial charge is 0.296 e. The average Bonchev–Trinajstić information content (AvgIpc) is 3.12. The van der Waals surface area contributed by atoms with E-state index in [1.165, 1.54) is 29.4 Å². The lowest BCUT2D eigenvalue weighted by atomic mass is 10.2. The zero-order chi connectivity index (χ0) is 13.6. The first-order chi connectivity index (χ1) is 8.98. The molecule has 1 heterocycles. The number of nitrogens with one attached hydrogen (secondary N) is 2. The van der Waals surface area contributed by atoms with E-state index >= 15 is 0 Å². The van der Waals surface area contributed by atoms with Crippen molar-refractivity contribution in [2.75, 3.05) is 0 Å². The Balaban J connectivity index is 2.01. The highest BCUT2D eigenvalue weighted by molar-refractivity contribution is 7.97. The summed E-state index contributed by atoms with van der Waals surface area (Å²) in [7, 11) is 1.65. The number of H-pyrrole nitrogens is 1. The standard InChI is InChI=1S/C13H15N3O2S/c1-13(5-6-13)15-19-8-3-4-10-9(7-8)11(17)14-12(18)16(10)2/h3-4,7,15H,5-6H2,1-2H3,(H,14,17,18). The van der Waals surface area contributed by atoms with Crippen LogP contribution in [0.4, 0.5) is 0 Å². The van der Waals surface area contributed by atoms with Crippen molar-refractivity contribution in [3.05, 3.63) is 39.0 Å². The summed E-state index contributed by atoms with van der Waals surface area (Å²) in [6.07, 6.45) is 2.37. The van der Waals surface area contributed by atoms with Crippen molar-refractivity contribution in [1.82, 2.24) is 14.3 Å². The lowest BCUT2D eigenvalue weighted by Crippen LogP contribution is -2.28. The normalized spacial score (nSPS) is 16.7. The van der Waals surface area contributed by atoms with Crippen molar-refractivity contribution < 1.29 is 0 Å². The van der Waals surface area contributed by atoms with Crippen molar-refractivity contribution in [3.8, 4) is 0 Å². The Morgan fingerprint density at radius 2 is 2.11 bits per heavy atom. The first-order valence-electron chi connectivity index (χ1n) is 6.16. The first kappa shape index (κ1) is 12.5. The van der Waals surface area contributed by atoms with Gasteiger partial charge in [0.25, 0.3) is 5.56 Å². The second kappa shape index (κ2) is 4.25. The molecule has 6 heteroatoms. The van der Waals surface area contributed by atoms with E-state index in [1.807, 2.05) is 18.2 Å². The number of benzene rings is 1. The summed E-state index contributed by atoms with van der Waals surface area (Å²) < 4.78 is 4.84. The quantitative estimate of drug-likeness (QED) is 0.832. The molecule has 1 aromatic heterocycles. The number of hydrogen-bond acceptors (Lipinski definition) is 4. The molecule has 1 aliphatic rings. The molecule has 2 aromatic rings. The van der Waals surface area contributed by atoms with E-state index in [4.69, 9.17) is 0 Å². The molecule has 0 atom stereocenters. The summed E-state index contributed by atoms with van der Waals surface area (Å²) >= 11 is 1.53. The predicted octanol–water partition coefficient (Wildman–Crippen LogP) is 1.38. The first-order valence-corrected chi connectivity index (χ1v) is 6.97. The Bertz CT molecular complexity index is 759. The van der Waals surface area contributed by atoms with Crippen molar-refractivity contribution >= 4 is 22.9 Å². The van der Waals surface area contributed by atoms with Crippen molar-refractivity contribution in [2.24, 2.45) is 7.05 Å². The molecule has 19 heavy (non-hydrogen) atoms. The molecular formula is C13H15N3O2S. The van der Waals surface area contributed by atoms with Crippen LogP contribution in [0.2, 0.25) is 0 Å². The topological polar surface area (TPSA) is 66.9 Å². The van der Waals surface area contributed by atoms with Gasteiger partial charge in [0.15, 0.2) is 0 Å². The molecule has 1 aliphatic carbocycles. The number of fused-ring (bicyclic) bond motifs is 1. The van der Waals surface area contributed by atoms with Crippen molar-refractivity contribution in [2.45, 2.75) is 30.2 Å². The highest BCUT2D eigenvalue weighted by atomic mass is 32.2. The Morgan fingerprint density at radius 3 is 2.79 bits per heavy atom. The van der Waals surface area contributed by atoms with Gasteiger partial charge in [-0.3, -0.25) is 19.1 Å². The van der Waals surface area contributed by atoms with Crippen LogP contribution < -0.4 is 16.0 Å². The van der Waals surface area contributed by atoms with E-state index in [0.29, 0.717) is 10.9 Å². The van der Waals surface area contributed by atoms with Crippen LogP contribution in [0.1, 0.15) is 19.8 Å². The zero-order valence-corrected chi connectivity index (χ0v) is 11.6. The second-order valence-electron chi connectivity index (χ2n) is 5.26. The Kier molecular flexibility index (Phi) is 2.79. The summed E-state index contributed by atoms with van der Waals surface area (Å²) in [5.41, 5.74) is 0.158. The molecule has 100 valence electrons. The number of aromatic amines is 1. The minimum atomic E-state index is -0.387. The van der Waals surface area contributed by atoms with Crippen molar-refractivity contribution in [3.63, 3.8) is 0 Å². The van der Waals surface area contributed by atoms with Gasteiger partial charge in [-0.2, -0.15) is 0 Å². The molecule has 0 aliphatic heterocycles. The van der Waals surface area contributed by atoms with Crippen LogP contribution in [-0.2, 0) is 7.05 Å². The molecule has 0 saturated heterocycles. The van der Waals surface area contributed by atoms with Gasteiger partial charge in [0.2, 0.25) is 0 Å². The maximum atomic E-state index is 11.8. The van der Waals surface area contributed by atoms with E-state index in [0.717, 1.165) is 4.90 Å². The van der Waals surface area contributed by atoms with Crippen LogP contribution in [0.15, 0.2) is 32.7 Å². The third-order valence-electron chi connectivity index (χ3n) is 3.51. The molecule has 0 radical (unpaired) electrons. The van der Waals surface area contributed by atoms with E-state index in [-0.39, 0.29) is 16.8 Å². The molecule has 1 aromatic carbocycles. The molecule has 1 saturated carbocycles. The van der Waals surface area contributed by atoms with Gasteiger partial charge in [0.1, 0.15) is 0 Å². The SMILES string of the molecule is Cn1c(=O)[nH]c(=O)c2cc(SNC3(C)CC3)ccc21. The fraction of sp³-hybridized carbons (Fsp3) is 0.385. The lowest BCUT2D eigenvalue weighted by Gasteiger charge is -2.11. The minimum Gasteiger partial charge on any atom is -0.296 e. The minimum absolute atomic E-state index is 0.232. The zero-order valence-electron chi connectivity index (χ0n) is 10.8. The van der Waals surface area contributed by atoms with Crippen LogP contribution in [0.5, 0.6) is 0 Å². The number of hydrogen-bond donors (Lipinski definition) is 2. The maximum absolute atomic E-state index is 11.8. The number of nitrogens with zero attached hydrogens (tertiary/aromatic N) is 1. The number of aryl methyl sites for hydroxylation is 1. The molecule has 3 rings (SSSR count). The molecule has 2 N–H and O–H groups in total. The van der Waals surface area contributed by atoms with Gasteiger partial charge in [-0.15, -0.1) is 0 Å². The largest absolute Gasteiger partial charge is 0.328 e. The lowest BCUT2D eigenvalue weighted by molar-refractivity contribution is 0.701. The highest BCUT2D eigenvalue weighted by Crippen LogP contribution is 2.37. The van der Waals surface area contributed by atoms with Crippen LogP contribution in [-0.4, -0.2) is 15.1 Å². The van der Waals surface area contributed by atoms with E-state index in [2.05, 4.69) is 16.6 Å². The maximum Gasteiger partial charge on any atom is 0.328 e. The molecular weight excluding hydrogens is 262 g/mol. The molecule has 1 fully saturated rings. The van der Waals surface area contributed by atoms with Gasteiger partial charge in [-0.1, -0.05) is 0 Å². The fourth-order valence-electron chi connectivity index (χ4n) is 1.88. The second-order valence-corrected chi connectivity index (χ2v) is 6.14. The Hall–Kier alpha value is -1.53. The summed E-state index contributed by atoms with van der Waals surface area (Å²) in [5, 5.41) is 0.537. The van der Waals surface area contributed by atoms with Gasteiger partial charge in [-0.05, 0) is 49.9 Å². The highest BCUT2D eigenvalue weighted by Gasteiger charge is 2.36. The Morgan fingerprint density at radius 1 is 1.37 bits per heavy atom. The van der Waals surface area contributed by atoms with Gasteiger partial charge in [0, 0.05) is 17.5 Å². The molecule has 5 nitrogen and oxygen atoms in total. The number of rotatable bonds is 3. The molecule has 0 unspecified atom stereocenters. The van der Waals surface area contributed by atoms with E-state index < -0.39 is 0 Å². The van der Waals surface area contributed by atoms with Crippen molar-refractivity contribution in [1.29, 1.82) is 0 Å². The average molecular weight is 277 g/mol. The fourth-order valence-corrected chi connectivity index (χ4v) is 2.76. The van der Waals surface area contributed by atoms with Crippen LogP contribution in [0.25, 0.3) is 10.9 Å². The van der Waals surface area contributed by atoms with Gasteiger partial charge in [0.05, 0.1) is 10.9 Å². The Labute approximate surface area is 114 Å². The summed E-state index contributed by atoms with van der Waals surface area (Å²) in [6.45, 7) is 2.18. The van der Waals surface area contributed by atoms with Gasteiger partial charge in [-0.25, -0.2) is 4.79 Å². The summed E-state index contributed by atoms with van der Waals surface area (Å²) in [6, 6.07) is 5.55.